The van der Waals surface area contributed by atoms with Gasteiger partial charge in [-0.1, -0.05) is 0 Å². The van der Waals surface area contributed by atoms with Crippen molar-refractivity contribution in [1.29, 1.82) is 0 Å². The fourth-order valence-electron chi connectivity index (χ4n) is 1.01. The predicted molar refractivity (Wildman–Crippen MR) is 58.8 cm³/mol. The molecule has 0 aliphatic rings. The van der Waals surface area contributed by atoms with Gasteiger partial charge >= 0.3 is 18.0 Å². The third kappa shape index (κ3) is 6.36. The van der Waals surface area contributed by atoms with E-state index in [0.29, 0.717) is 13.1 Å². The molecule has 0 saturated carbocycles. The number of likely N-dealkylation sites (N-methyl/N-ethyl adjacent to an activating group) is 2. The summed E-state index contributed by atoms with van der Waals surface area (Å²) in [5.41, 5.74) is 0. The lowest BCUT2D eigenvalue weighted by molar-refractivity contribution is -0.145. The Morgan fingerprint density at radius 2 is 1.88 bits per heavy atom. The van der Waals surface area contributed by atoms with Gasteiger partial charge in [0.25, 0.3) is 0 Å². The fourth-order valence-corrected chi connectivity index (χ4v) is 1.01. The Hall–Kier alpha value is -1.83. The molecule has 17 heavy (non-hydrogen) atoms. The van der Waals surface area contributed by atoms with E-state index in [-0.39, 0.29) is 0 Å². The van der Waals surface area contributed by atoms with Crippen LogP contribution in [0.3, 0.4) is 0 Å². The maximum atomic E-state index is 11.5. The number of carboxylic acid groups (broad SMARTS) is 2. The Bertz CT molecular complexity index is 294. The van der Waals surface area contributed by atoms with E-state index in [2.05, 4.69) is 10.6 Å². The number of hydrogen-bond donors (Lipinski definition) is 4. The molecule has 0 aromatic heterocycles. The summed E-state index contributed by atoms with van der Waals surface area (Å²) in [4.78, 5) is 33.8. The maximum Gasteiger partial charge on any atom is 0.326 e. The molecule has 0 heterocycles. The van der Waals surface area contributed by atoms with Crippen LogP contribution < -0.4 is 10.6 Å². The van der Waals surface area contributed by atoms with Gasteiger partial charge in [-0.3, -0.25) is 4.79 Å². The van der Waals surface area contributed by atoms with Gasteiger partial charge in [0.1, 0.15) is 6.04 Å². The van der Waals surface area contributed by atoms with Crippen molar-refractivity contribution in [2.45, 2.75) is 12.5 Å². The number of hydrogen-bond acceptors (Lipinski definition) is 4. The number of rotatable bonds is 7. The standard InChI is InChI=1S/C9H17N3O5/c1-10-3-4-12(2)9(17)11-6(8(15)16)5-7(13)14/h6,10H,3-5H2,1-2H3,(H,11,17)(H,13,14)(H,15,16)/t6-/m0/s1. The Kier molecular flexibility index (Phi) is 6.64. The van der Waals surface area contributed by atoms with Gasteiger partial charge in [0.05, 0.1) is 6.42 Å². The van der Waals surface area contributed by atoms with Gasteiger partial charge < -0.3 is 25.7 Å². The van der Waals surface area contributed by atoms with Gasteiger partial charge in [-0.15, -0.1) is 0 Å². The van der Waals surface area contributed by atoms with Crippen LogP contribution in [-0.2, 0) is 9.59 Å². The highest BCUT2D eigenvalue weighted by molar-refractivity contribution is 5.86. The van der Waals surface area contributed by atoms with E-state index in [1.807, 2.05) is 0 Å². The van der Waals surface area contributed by atoms with Crippen LogP contribution in [0.2, 0.25) is 0 Å². The van der Waals surface area contributed by atoms with Crippen LogP contribution in [0.5, 0.6) is 0 Å². The molecule has 0 rings (SSSR count). The summed E-state index contributed by atoms with van der Waals surface area (Å²) < 4.78 is 0. The fraction of sp³-hybridized carbons (Fsp3) is 0.667. The average molecular weight is 247 g/mol. The minimum absolute atomic E-state index is 0.391. The Labute approximate surface area is 98.6 Å². The summed E-state index contributed by atoms with van der Waals surface area (Å²) >= 11 is 0. The van der Waals surface area contributed by atoms with Crippen LogP contribution in [0.4, 0.5) is 4.79 Å². The van der Waals surface area contributed by atoms with Gasteiger partial charge in [0, 0.05) is 20.1 Å². The Morgan fingerprint density at radius 1 is 1.29 bits per heavy atom. The van der Waals surface area contributed by atoms with Crippen molar-refractivity contribution >= 4 is 18.0 Å². The first-order chi connectivity index (χ1) is 7.88. The molecule has 0 aliphatic heterocycles. The van der Waals surface area contributed by atoms with Crippen molar-refractivity contribution in [2.75, 3.05) is 27.2 Å². The van der Waals surface area contributed by atoms with Crippen LogP contribution in [0.15, 0.2) is 0 Å². The van der Waals surface area contributed by atoms with Gasteiger partial charge in [-0.05, 0) is 7.05 Å². The van der Waals surface area contributed by atoms with Gasteiger partial charge in [0.2, 0.25) is 0 Å². The summed E-state index contributed by atoms with van der Waals surface area (Å²) in [6.07, 6.45) is -0.652. The van der Waals surface area contributed by atoms with Crippen LogP contribution in [0.1, 0.15) is 6.42 Å². The van der Waals surface area contributed by atoms with E-state index < -0.39 is 30.4 Å². The molecule has 0 aliphatic carbocycles. The normalized spacial score (nSPS) is 11.6. The number of aliphatic carboxylic acids is 2. The number of carboxylic acids is 2. The van der Waals surface area contributed by atoms with Crippen LogP contribution in [0, 0.1) is 0 Å². The zero-order valence-corrected chi connectivity index (χ0v) is 9.77. The van der Waals surface area contributed by atoms with Gasteiger partial charge in [0.15, 0.2) is 0 Å². The molecule has 98 valence electrons. The van der Waals surface area contributed by atoms with E-state index in [0.717, 1.165) is 0 Å². The van der Waals surface area contributed by atoms with E-state index in [1.165, 1.54) is 11.9 Å². The van der Waals surface area contributed by atoms with Crippen LogP contribution >= 0.6 is 0 Å². The van der Waals surface area contributed by atoms with E-state index in [9.17, 15) is 14.4 Å². The number of urea groups is 1. The molecule has 2 amide bonds. The van der Waals surface area contributed by atoms with E-state index in [4.69, 9.17) is 10.2 Å². The zero-order valence-electron chi connectivity index (χ0n) is 9.77. The van der Waals surface area contributed by atoms with Crippen molar-refractivity contribution in [2.24, 2.45) is 0 Å². The van der Waals surface area contributed by atoms with Crippen molar-refractivity contribution in [3.8, 4) is 0 Å². The molecule has 0 aromatic carbocycles. The first-order valence-electron chi connectivity index (χ1n) is 4.99. The monoisotopic (exact) mass is 247 g/mol. The highest BCUT2D eigenvalue weighted by Crippen LogP contribution is 1.95. The SMILES string of the molecule is CNCCN(C)C(=O)N[C@@H](CC(=O)O)C(=O)O. The molecular formula is C9H17N3O5. The molecule has 1 atom stereocenters. The molecule has 0 radical (unpaired) electrons. The van der Waals surface area contributed by atoms with Gasteiger partial charge in [-0.2, -0.15) is 0 Å². The number of carbonyl (C=O) groups excluding carboxylic acids is 1. The number of carbonyl (C=O) groups is 3. The summed E-state index contributed by atoms with van der Waals surface area (Å²) in [5, 5.41) is 22.2. The summed E-state index contributed by atoms with van der Waals surface area (Å²) in [7, 11) is 3.21. The van der Waals surface area contributed by atoms with Crippen LogP contribution in [0.25, 0.3) is 0 Å². The molecule has 8 heteroatoms. The van der Waals surface area contributed by atoms with Crippen molar-refractivity contribution in [3.63, 3.8) is 0 Å². The predicted octanol–water partition coefficient (Wildman–Crippen LogP) is -1.22. The van der Waals surface area contributed by atoms with Crippen LogP contribution in [-0.4, -0.2) is 66.3 Å². The highest BCUT2D eigenvalue weighted by atomic mass is 16.4. The van der Waals surface area contributed by atoms with Gasteiger partial charge in [-0.25, -0.2) is 9.59 Å². The molecule has 4 N–H and O–H groups in total. The van der Waals surface area contributed by atoms with Crippen molar-refractivity contribution in [1.82, 2.24) is 15.5 Å². The molecule has 0 unspecified atom stereocenters. The molecular weight excluding hydrogens is 230 g/mol. The first kappa shape index (κ1) is 15.2. The second-order valence-electron chi connectivity index (χ2n) is 3.46. The Balaban J connectivity index is 4.29. The minimum atomic E-state index is -1.42. The summed E-state index contributed by atoms with van der Waals surface area (Å²) in [5.74, 6) is -2.65. The van der Waals surface area contributed by atoms with E-state index in [1.54, 1.807) is 7.05 Å². The molecule has 0 spiro atoms. The lowest BCUT2D eigenvalue weighted by Gasteiger charge is -2.20. The third-order valence-corrected chi connectivity index (χ3v) is 2.02. The largest absolute Gasteiger partial charge is 0.481 e. The second-order valence-corrected chi connectivity index (χ2v) is 3.46. The second kappa shape index (κ2) is 7.44. The zero-order chi connectivity index (χ0) is 13.4. The lowest BCUT2D eigenvalue weighted by Crippen LogP contribution is -2.48. The smallest absolute Gasteiger partial charge is 0.326 e. The van der Waals surface area contributed by atoms with E-state index >= 15 is 0 Å². The summed E-state index contributed by atoms with van der Waals surface area (Å²) in [6, 6.07) is -2.04. The molecule has 0 aromatic rings. The molecule has 0 saturated heterocycles. The molecule has 0 bridgehead atoms. The topological polar surface area (TPSA) is 119 Å². The quantitative estimate of drug-likeness (QED) is 0.447. The average Bonchev–Trinajstić information content (AvgIpc) is 2.23. The third-order valence-electron chi connectivity index (χ3n) is 2.02. The summed E-state index contributed by atoms with van der Waals surface area (Å²) in [6.45, 7) is 0.947. The maximum absolute atomic E-state index is 11.5. The number of nitrogens with one attached hydrogen (secondary N) is 2. The number of amides is 2. The minimum Gasteiger partial charge on any atom is -0.481 e. The highest BCUT2D eigenvalue weighted by Gasteiger charge is 2.24. The van der Waals surface area contributed by atoms with Crippen molar-refractivity contribution < 1.29 is 24.6 Å². The Morgan fingerprint density at radius 3 is 2.29 bits per heavy atom. The molecule has 8 nitrogen and oxygen atoms in total. The molecule has 0 fully saturated rings. The number of nitrogens with zero attached hydrogens (tertiary/aromatic N) is 1. The lowest BCUT2D eigenvalue weighted by atomic mass is 10.2. The van der Waals surface area contributed by atoms with Crippen molar-refractivity contribution in [3.05, 3.63) is 0 Å². The first-order valence-corrected chi connectivity index (χ1v) is 4.99.